The summed E-state index contributed by atoms with van der Waals surface area (Å²) in [7, 11) is 0. The van der Waals surface area contributed by atoms with E-state index in [2.05, 4.69) is 17.1 Å². The molecule has 6 heteroatoms. The third-order valence-electron chi connectivity index (χ3n) is 4.51. The van der Waals surface area contributed by atoms with E-state index in [1.54, 1.807) is 0 Å². The highest BCUT2D eigenvalue weighted by atomic mass is 16.4. The molecule has 0 radical (unpaired) electrons. The van der Waals surface area contributed by atoms with Crippen molar-refractivity contribution < 1.29 is 14.7 Å². The first-order chi connectivity index (χ1) is 9.56. The number of hydrogen-bond donors (Lipinski definition) is 2. The lowest BCUT2D eigenvalue weighted by Gasteiger charge is -2.37. The molecule has 2 rings (SSSR count). The smallest absolute Gasteiger partial charge is 0.317 e. The Hall–Kier alpha value is -1.30. The van der Waals surface area contributed by atoms with Crippen LogP contribution in [0.4, 0.5) is 4.79 Å². The number of hydrogen-bond acceptors (Lipinski definition) is 3. The van der Waals surface area contributed by atoms with Gasteiger partial charge in [-0.05, 0) is 25.7 Å². The number of amides is 2. The first-order valence-electron chi connectivity index (χ1n) is 7.56. The molecule has 0 aromatic rings. The maximum Gasteiger partial charge on any atom is 0.317 e. The summed E-state index contributed by atoms with van der Waals surface area (Å²) in [6.45, 7) is 5.55. The van der Waals surface area contributed by atoms with Crippen LogP contribution in [0.3, 0.4) is 0 Å². The standard InChI is InChI=1S/C14H25N3O3/c1-11(12-3-2-4-12)15-14(20)17-9-7-16(8-10-17)6-5-13(18)19/h11-12H,2-10H2,1H3,(H,15,20)(H,18,19). The van der Waals surface area contributed by atoms with Crippen molar-refractivity contribution in [3.05, 3.63) is 0 Å². The second-order valence-electron chi connectivity index (χ2n) is 5.90. The first-order valence-corrected chi connectivity index (χ1v) is 7.56. The minimum absolute atomic E-state index is 0.0299. The SMILES string of the molecule is CC(NC(=O)N1CCN(CCC(=O)O)CC1)C1CCC1. The fraction of sp³-hybridized carbons (Fsp3) is 0.857. The Kier molecular flexibility index (Phi) is 5.23. The number of piperazine rings is 1. The molecule has 1 heterocycles. The highest BCUT2D eigenvalue weighted by Crippen LogP contribution is 2.29. The van der Waals surface area contributed by atoms with E-state index in [4.69, 9.17) is 5.11 Å². The van der Waals surface area contributed by atoms with E-state index >= 15 is 0 Å². The van der Waals surface area contributed by atoms with Gasteiger partial charge in [0.25, 0.3) is 0 Å². The lowest BCUT2D eigenvalue weighted by atomic mass is 9.80. The number of carbonyl (C=O) groups excluding carboxylic acids is 1. The molecule has 0 bridgehead atoms. The first kappa shape index (κ1) is 15.1. The highest BCUT2D eigenvalue weighted by molar-refractivity contribution is 5.74. The number of nitrogens with zero attached hydrogens (tertiary/aromatic N) is 2. The zero-order valence-corrected chi connectivity index (χ0v) is 12.2. The normalized spacial score (nSPS) is 22.1. The summed E-state index contributed by atoms with van der Waals surface area (Å²) in [5.74, 6) is -0.115. The fourth-order valence-electron chi connectivity index (χ4n) is 2.77. The largest absolute Gasteiger partial charge is 0.481 e. The van der Waals surface area contributed by atoms with Gasteiger partial charge in [0.15, 0.2) is 0 Å². The Morgan fingerprint density at radius 3 is 2.40 bits per heavy atom. The molecule has 1 atom stereocenters. The number of urea groups is 1. The van der Waals surface area contributed by atoms with E-state index in [1.165, 1.54) is 19.3 Å². The van der Waals surface area contributed by atoms with Gasteiger partial charge in [0.1, 0.15) is 0 Å². The molecular formula is C14H25N3O3. The Balaban J connectivity index is 1.67. The molecule has 1 aliphatic carbocycles. The zero-order chi connectivity index (χ0) is 14.5. The molecule has 2 aliphatic rings. The van der Waals surface area contributed by atoms with Gasteiger partial charge < -0.3 is 15.3 Å². The van der Waals surface area contributed by atoms with Crippen molar-refractivity contribution in [2.24, 2.45) is 5.92 Å². The summed E-state index contributed by atoms with van der Waals surface area (Å²) < 4.78 is 0. The van der Waals surface area contributed by atoms with Gasteiger partial charge in [0.2, 0.25) is 0 Å². The van der Waals surface area contributed by atoms with Crippen molar-refractivity contribution in [3.63, 3.8) is 0 Å². The summed E-state index contributed by atoms with van der Waals surface area (Å²) in [4.78, 5) is 26.6. The molecule has 2 fully saturated rings. The summed E-state index contributed by atoms with van der Waals surface area (Å²) >= 11 is 0. The Bertz CT molecular complexity index is 350. The van der Waals surface area contributed by atoms with Crippen LogP contribution in [0, 0.1) is 5.92 Å². The number of carboxylic acids is 1. The van der Waals surface area contributed by atoms with Crippen LogP contribution in [-0.4, -0.2) is 65.7 Å². The van der Waals surface area contributed by atoms with Crippen molar-refractivity contribution in [2.45, 2.75) is 38.6 Å². The minimum atomic E-state index is -0.764. The fourth-order valence-corrected chi connectivity index (χ4v) is 2.77. The van der Waals surface area contributed by atoms with Crippen LogP contribution in [0.25, 0.3) is 0 Å². The number of carboxylic acid groups (broad SMARTS) is 1. The minimum Gasteiger partial charge on any atom is -0.481 e. The van der Waals surface area contributed by atoms with Gasteiger partial charge in [-0.2, -0.15) is 0 Å². The summed E-state index contributed by atoms with van der Waals surface area (Å²) in [6.07, 6.45) is 3.91. The predicted molar refractivity (Wildman–Crippen MR) is 75.6 cm³/mol. The van der Waals surface area contributed by atoms with Crippen LogP contribution in [-0.2, 0) is 4.79 Å². The van der Waals surface area contributed by atoms with E-state index in [9.17, 15) is 9.59 Å². The van der Waals surface area contributed by atoms with Gasteiger partial charge in [-0.1, -0.05) is 6.42 Å². The average molecular weight is 283 g/mol. The molecule has 0 spiro atoms. The van der Waals surface area contributed by atoms with Gasteiger partial charge in [-0.25, -0.2) is 4.79 Å². The second kappa shape index (κ2) is 6.92. The van der Waals surface area contributed by atoms with Crippen molar-refractivity contribution in [3.8, 4) is 0 Å². The van der Waals surface area contributed by atoms with E-state index in [1.807, 2.05) is 4.90 Å². The number of rotatable bonds is 5. The van der Waals surface area contributed by atoms with Crippen LogP contribution in [0.5, 0.6) is 0 Å². The average Bonchev–Trinajstić information content (AvgIpc) is 2.34. The molecule has 1 unspecified atom stereocenters. The number of carbonyl (C=O) groups is 2. The Morgan fingerprint density at radius 1 is 1.25 bits per heavy atom. The Morgan fingerprint density at radius 2 is 1.90 bits per heavy atom. The molecule has 1 saturated heterocycles. The second-order valence-corrected chi connectivity index (χ2v) is 5.90. The van der Waals surface area contributed by atoms with Crippen molar-refractivity contribution in [2.75, 3.05) is 32.7 Å². The summed E-state index contributed by atoms with van der Waals surface area (Å²) in [6, 6.07) is 0.295. The highest BCUT2D eigenvalue weighted by Gasteiger charge is 2.27. The third kappa shape index (κ3) is 4.10. The van der Waals surface area contributed by atoms with E-state index in [-0.39, 0.29) is 18.5 Å². The number of aliphatic carboxylic acids is 1. The molecule has 0 aromatic carbocycles. The number of nitrogens with one attached hydrogen (secondary N) is 1. The predicted octanol–water partition coefficient (Wildman–Crippen LogP) is 0.977. The molecule has 2 N–H and O–H groups in total. The monoisotopic (exact) mass is 283 g/mol. The van der Waals surface area contributed by atoms with Crippen LogP contribution in [0.2, 0.25) is 0 Å². The van der Waals surface area contributed by atoms with Crippen LogP contribution in [0.1, 0.15) is 32.6 Å². The molecule has 114 valence electrons. The van der Waals surface area contributed by atoms with Gasteiger partial charge in [-0.3, -0.25) is 9.69 Å². The molecular weight excluding hydrogens is 258 g/mol. The molecule has 2 amide bonds. The van der Waals surface area contributed by atoms with Gasteiger partial charge in [0, 0.05) is 38.8 Å². The molecule has 6 nitrogen and oxygen atoms in total. The van der Waals surface area contributed by atoms with Crippen molar-refractivity contribution in [1.29, 1.82) is 0 Å². The van der Waals surface area contributed by atoms with Crippen molar-refractivity contribution in [1.82, 2.24) is 15.1 Å². The Labute approximate surface area is 120 Å². The summed E-state index contributed by atoms with van der Waals surface area (Å²) in [5.41, 5.74) is 0. The molecule has 1 aliphatic heterocycles. The molecule has 20 heavy (non-hydrogen) atoms. The molecule has 1 saturated carbocycles. The van der Waals surface area contributed by atoms with Gasteiger partial charge >= 0.3 is 12.0 Å². The topological polar surface area (TPSA) is 72.9 Å². The van der Waals surface area contributed by atoms with E-state index in [0.29, 0.717) is 25.6 Å². The maximum absolute atomic E-state index is 12.1. The third-order valence-corrected chi connectivity index (χ3v) is 4.51. The lowest BCUT2D eigenvalue weighted by molar-refractivity contribution is -0.137. The van der Waals surface area contributed by atoms with E-state index < -0.39 is 5.97 Å². The van der Waals surface area contributed by atoms with Crippen LogP contribution < -0.4 is 5.32 Å². The summed E-state index contributed by atoms with van der Waals surface area (Å²) in [5, 5.41) is 11.8. The van der Waals surface area contributed by atoms with Crippen LogP contribution >= 0.6 is 0 Å². The maximum atomic E-state index is 12.1. The zero-order valence-electron chi connectivity index (χ0n) is 12.2. The quantitative estimate of drug-likeness (QED) is 0.789. The lowest BCUT2D eigenvalue weighted by Crippen LogP contribution is -2.54. The van der Waals surface area contributed by atoms with Gasteiger partial charge in [-0.15, -0.1) is 0 Å². The van der Waals surface area contributed by atoms with Crippen LogP contribution in [0.15, 0.2) is 0 Å². The van der Waals surface area contributed by atoms with Gasteiger partial charge in [0.05, 0.1) is 6.42 Å². The molecule has 0 aromatic heterocycles. The van der Waals surface area contributed by atoms with Crippen molar-refractivity contribution >= 4 is 12.0 Å². The van der Waals surface area contributed by atoms with E-state index in [0.717, 1.165) is 13.1 Å².